The SMILES string of the molecule is CN(Cc1ccccc1)C(=O)CNC(=O)c1ccccc1. The van der Waals surface area contributed by atoms with Crippen LogP contribution in [0, 0.1) is 0 Å². The van der Waals surface area contributed by atoms with Crippen molar-refractivity contribution in [3.05, 3.63) is 71.8 Å². The lowest BCUT2D eigenvalue weighted by Gasteiger charge is -2.17. The molecule has 4 nitrogen and oxygen atoms in total. The summed E-state index contributed by atoms with van der Waals surface area (Å²) in [6.45, 7) is 0.526. The highest BCUT2D eigenvalue weighted by Crippen LogP contribution is 2.03. The predicted molar refractivity (Wildman–Crippen MR) is 81.7 cm³/mol. The third-order valence-corrected chi connectivity index (χ3v) is 3.12. The van der Waals surface area contributed by atoms with E-state index in [0.717, 1.165) is 5.56 Å². The van der Waals surface area contributed by atoms with Crippen LogP contribution < -0.4 is 5.32 Å². The van der Waals surface area contributed by atoms with Crippen molar-refractivity contribution in [2.45, 2.75) is 6.54 Å². The lowest BCUT2D eigenvalue weighted by molar-refractivity contribution is -0.129. The van der Waals surface area contributed by atoms with E-state index in [9.17, 15) is 9.59 Å². The monoisotopic (exact) mass is 282 g/mol. The summed E-state index contributed by atoms with van der Waals surface area (Å²) in [7, 11) is 1.73. The van der Waals surface area contributed by atoms with Gasteiger partial charge in [0.25, 0.3) is 5.91 Å². The molecule has 4 heteroatoms. The number of benzene rings is 2. The molecule has 0 aliphatic heterocycles. The molecular weight excluding hydrogens is 264 g/mol. The Kier molecular flexibility index (Phi) is 5.10. The fourth-order valence-corrected chi connectivity index (χ4v) is 1.93. The van der Waals surface area contributed by atoms with E-state index in [1.165, 1.54) is 0 Å². The second kappa shape index (κ2) is 7.24. The fraction of sp³-hybridized carbons (Fsp3) is 0.176. The maximum Gasteiger partial charge on any atom is 0.251 e. The van der Waals surface area contributed by atoms with E-state index in [0.29, 0.717) is 12.1 Å². The van der Waals surface area contributed by atoms with Gasteiger partial charge >= 0.3 is 0 Å². The molecule has 2 amide bonds. The Bertz CT molecular complexity index is 597. The maximum atomic E-state index is 12.0. The Hall–Kier alpha value is -2.62. The number of hydrogen-bond acceptors (Lipinski definition) is 2. The molecule has 2 aromatic rings. The molecule has 0 heterocycles. The van der Waals surface area contributed by atoms with Gasteiger partial charge in [-0.15, -0.1) is 0 Å². The van der Waals surface area contributed by atoms with Crippen LogP contribution in [0.1, 0.15) is 15.9 Å². The molecule has 0 saturated carbocycles. The largest absolute Gasteiger partial charge is 0.343 e. The lowest BCUT2D eigenvalue weighted by atomic mass is 10.2. The van der Waals surface area contributed by atoms with Crippen LogP contribution in [-0.4, -0.2) is 30.3 Å². The van der Waals surface area contributed by atoms with Crippen molar-refractivity contribution in [2.24, 2.45) is 0 Å². The minimum atomic E-state index is -0.239. The molecule has 108 valence electrons. The van der Waals surface area contributed by atoms with Crippen LogP contribution in [0.2, 0.25) is 0 Å². The molecule has 0 aromatic heterocycles. The summed E-state index contributed by atoms with van der Waals surface area (Å²) in [5.41, 5.74) is 1.61. The fourth-order valence-electron chi connectivity index (χ4n) is 1.93. The highest BCUT2D eigenvalue weighted by atomic mass is 16.2. The van der Waals surface area contributed by atoms with Crippen molar-refractivity contribution < 1.29 is 9.59 Å². The number of carbonyl (C=O) groups is 2. The first-order valence-electron chi connectivity index (χ1n) is 6.78. The van der Waals surface area contributed by atoms with Crippen LogP contribution in [0.3, 0.4) is 0 Å². The first-order chi connectivity index (χ1) is 10.2. The van der Waals surface area contributed by atoms with Gasteiger partial charge in [-0.3, -0.25) is 9.59 Å². The highest BCUT2D eigenvalue weighted by molar-refractivity contribution is 5.96. The molecule has 0 saturated heterocycles. The van der Waals surface area contributed by atoms with Gasteiger partial charge in [0.2, 0.25) is 5.91 Å². The van der Waals surface area contributed by atoms with E-state index in [2.05, 4.69) is 5.32 Å². The van der Waals surface area contributed by atoms with Crippen molar-refractivity contribution in [1.29, 1.82) is 0 Å². The molecule has 1 N–H and O–H groups in total. The molecule has 0 atom stereocenters. The van der Waals surface area contributed by atoms with E-state index in [1.54, 1.807) is 36.2 Å². The molecule has 0 fully saturated rings. The number of likely N-dealkylation sites (N-methyl/N-ethyl adjacent to an activating group) is 1. The van der Waals surface area contributed by atoms with Crippen LogP contribution in [0.4, 0.5) is 0 Å². The molecule has 0 bridgehead atoms. The van der Waals surface area contributed by atoms with Gasteiger partial charge in [0, 0.05) is 19.2 Å². The number of amides is 2. The van der Waals surface area contributed by atoms with Crippen molar-refractivity contribution in [3.63, 3.8) is 0 Å². The zero-order chi connectivity index (χ0) is 15.1. The van der Waals surface area contributed by atoms with Crippen LogP contribution in [0.15, 0.2) is 60.7 Å². The summed E-state index contributed by atoms with van der Waals surface area (Å²) >= 11 is 0. The number of nitrogens with one attached hydrogen (secondary N) is 1. The molecule has 0 spiro atoms. The van der Waals surface area contributed by atoms with E-state index in [4.69, 9.17) is 0 Å². The molecule has 0 radical (unpaired) electrons. The lowest BCUT2D eigenvalue weighted by Crippen LogP contribution is -2.37. The van der Waals surface area contributed by atoms with Crippen LogP contribution in [0.5, 0.6) is 0 Å². The van der Waals surface area contributed by atoms with Gasteiger partial charge in [0.1, 0.15) is 0 Å². The van der Waals surface area contributed by atoms with Gasteiger partial charge < -0.3 is 10.2 Å². The van der Waals surface area contributed by atoms with Crippen molar-refractivity contribution in [2.75, 3.05) is 13.6 Å². The predicted octanol–water partition coefficient (Wildman–Crippen LogP) is 2.07. The minimum Gasteiger partial charge on any atom is -0.343 e. The molecule has 2 rings (SSSR count). The molecule has 0 aliphatic carbocycles. The van der Waals surface area contributed by atoms with Crippen LogP contribution in [0.25, 0.3) is 0 Å². The van der Waals surface area contributed by atoms with Gasteiger partial charge in [-0.05, 0) is 17.7 Å². The summed E-state index contributed by atoms with van der Waals surface area (Å²) in [5.74, 6) is -0.361. The second-order valence-electron chi connectivity index (χ2n) is 4.78. The smallest absolute Gasteiger partial charge is 0.251 e. The Morgan fingerprint density at radius 2 is 1.52 bits per heavy atom. The van der Waals surface area contributed by atoms with Crippen molar-refractivity contribution in [1.82, 2.24) is 10.2 Å². The van der Waals surface area contributed by atoms with Crippen LogP contribution >= 0.6 is 0 Å². The second-order valence-corrected chi connectivity index (χ2v) is 4.78. The molecule has 0 aliphatic rings. The molecular formula is C17H18N2O2. The molecule has 2 aromatic carbocycles. The van der Waals surface area contributed by atoms with Crippen molar-refractivity contribution in [3.8, 4) is 0 Å². The molecule has 21 heavy (non-hydrogen) atoms. The number of carbonyl (C=O) groups excluding carboxylic acids is 2. The first kappa shape index (κ1) is 14.8. The van der Waals surface area contributed by atoms with E-state index in [1.807, 2.05) is 36.4 Å². The first-order valence-corrected chi connectivity index (χ1v) is 6.78. The summed E-state index contributed by atoms with van der Waals surface area (Å²) < 4.78 is 0. The number of rotatable bonds is 5. The third-order valence-electron chi connectivity index (χ3n) is 3.12. The van der Waals surface area contributed by atoms with E-state index >= 15 is 0 Å². The zero-order valence-electron chi connectivity index (χ0n) is 12.0. The summed E-state index contributed by atoms with van der Waals surface area (Å²) in [6, 6.07) is 18.6. The summed E-state index contributed by atoms with van der Waals surface area (Å²) in [6.07, 6.45) is 0. The highest BCUT2D eigenvalue weighted by Gasteiger charge is 2.11. The number of nitrogens with zero attached hydrogens (tertiary/aromatic N) is 1. The van der Waals surface area contributed by atoms with Crippen LogP contribution in [-0.2, 0) is 11.3 Å². The molecule has 0 unspecified atom stereocenters. The quantitative estimate of drug-likeness (QED) is 0.912. The van der Waals surface area contributed by atoms with Crippen molar-refractivity contribution >= 4 is 11.8 Å². The Morgan fingerprint density at radius 3 is 2.14 bits per heavy atom. The standard InChI is InChI=1S/C17H18N2O2/c1-19(13-14-8-4-2-5-9-14)16(20)12-18-17(21)15-10-6-3-7-11-15/h2-11H,12-13H2,1H3,(H,18,21). The topological polar surface area (TPSA) is 49.4 Å². The summed E-state index contributed by atoms with van der Waals surface area (Å²) in [5, 5.41) is 2.64. The average Bonchev–Trinajstić information content (AvgIpc) is 2.54. The minimum absolute atomic E-state index is 0.00292. The van der Waals surface area contributed by atoms with Gasteiger partial charge in [0.15, 0.2) is 0 Å². The maximum absolute atomic E-state index is 12.0. The van der Waals surface area contributed by atoms with E-state index in [-0.39, 0.29) is 18.4 Å². The normalized spacial score (nSPS) is 9.95. The zero-order valence-corrected chi connectivity index (χ0v) is 12.0. The number of hydrogen-bond donors (Lipinski definition) is 1. The van der Waals surface area contributed by atoms with E-state index < -0.39 is 0 Å². The Labute approximate surface area is 124 Å². The Morgan fingerprint density at radius 1 is 0.952 bits per heavy atom. The van der Waals surface area contributed by atoms with Gasteiger partial charge in [0.05, 0.1) is 6.54 Å². The third kappa shape index (κ3) is 4.45. The Balaban J connectivity index is 1.83. The van der Waals surface area contributed by atoms with Gasteiger partial charge in [-0.1, -0.05) is 48.5 Å². The van der Waals surface area contributed by atoms with Gasteiger partial charge in [-0.25, -0.2) is 0 Å². The van der Waals surface area contributed by atoms with Gasteiger partial charge in [-0.2, -0.15) is 0 Å². The average molecular weight is 282 g/mol. The summed E-state index contributed by atoms with van der Waals surface area (Å²) in [4.78, 5) is 25.4.